The molecule has 0 unspecified atom stereocenters. The predicted octanol–water partition coefficient (Wildman–Crippen LogP) is 1.49. The molecule has 0 rings (SSSR count). The highest BCUT2D eigenvalue weighted by Crippen LogP contribution is 2.24. The summed E-state index contributed by atoms with van der Waals surface area (Å²) < 4.78 is 0. The monoisotopic (exact) mass is 201 g/mol. The summed E-state index contributed by atoms with van der Waals surface area (Å²) in [6, 6.07) is 1.75. The van der Waals surface area contributed by atoms with E-state index in [0.29, 0.717) is 0 Å². The standard InChI is InChI=1S/C7H12O4.C2H3N/c1-7(2,3-5(8)9)4-6(10)11;1-2-3/h3-4H2,1-2H3,(H,8,9)(H,10,11);1H3. The summed E-state index contributed by atoms with van der Waals surface area (Å²) in [5.41, 5.74) is -0.655. The average Bonchev–Trinajstić information content (AvgIpc) is 1.80. The van der Waals surface area contributed by atoms with Crippen molar-refractivity contribution in [2.24, 2.45) is 5.41 Å². The fourth-order valence-corrected chi connectivity index (χ4v) is 0.881. The molecule has 0 saturated heterocycles. The van der Waals surface area contributed by atoms with Crippen LogP contribution in [0.25, 0.3) is 0 Å². The first kappa shape index (κ1) is 14.9. The number of rotatable bonds is 4. The van der Waals surface area contributed by atoms with Gasteiger partial charge in [-0.15, -0.1) is 0 Å². The number of hydrogen-bond donors (Lipinski definition) is 2. The number of aliphatic carboxylic acids is 2. The van der Waals surface area contributed by atoms with Gasteiger partial charge in [0.1, 0.15) is 0 Å². The first-order valence-corrected chi connectivity index (χ1v) is 3.99. The van der Waals surface area contributed by atoms with Gasteiger partial charge in [-0.25, -0.2) is 0 Å². The van der Waals surface area contributed by atoms with E-state index in [1.807, 2.05) is 0 Å². The van der Waals surface area contributed by atoms with Crippen LogP contribution in [0.4, 0.5) is 0 Å². The summed E-state index contributed by atoms with van der Waals surface area (Å²) in [7, 11) is 0. The SMILES string of the molecule is CC#N.CC(C)(CC(=O)O)CC(=O)O. The van der Waals surface area contributed by atoms with Crippen LogP contribution in [-0.2, 0) is 9.59 Å². The highest BCUT2D eigenvalue weighted by Gasteiger charge is 2.24. The van der Waals surface area contributed by atoms with Gasteiger partial charge in [-0.1, -0.05) is 13.8 Å². The Kier molecular flexibility index (Phi) is 7.35. The molecule has 0 aliphatic heterocycles. The molecule has 0 aromatic heterocycles. The summed E-state index contributed by atoms with van der Waals surface area (Å²) in [6.45, 7) is 4.67. The number of nitrogens with zero attached hydrogens (tertiary/aromatic N) is 1. The molecule has 0 radical (unpaired) electrons. The molecule has 0 spiro atoms. The third kappa shape index (κ3) is 13.1. The Balaban J connectivity index is 0. The molecule has 0 atom stereocenters. The van der Waals surface area contributed by atoms with E-state index in [0.717, 1.165) is 0 Å². The second-order valence-electron chi connectivity index (χ2n) is 3.53. The molecule has 2 N–H and O–H groups in total. The summed E-state index contributed by atoms with van der Waals surface area (Å²) in [6.07, 6.45) is -0.224. The molecule has 80 valence electrons. The van der Waals surface area contributed by atoms with E-state index >= 15 is 0 Å². The minimum Gasteiger partial charge on any atom is -0.481 e. The molecule has 0 heterocycles. The number of carboxylic acid groups (broad SMARTS) is 2. The highest BCUT2D eigenvalue weighted by molar-refractivity contribution is 5.71. The second kappa shape index (κ2) is 6.89. The quantitative estimate of drug-likeness (QED) is 0.717. The largest absolute Gasteiger partial charge is 0.481 e. The van der Waals surface area contributed by atoms with Crippen LogP contribution in [0.1, 0.15) is 33.6 Å². The molecule has 0 fully saturated rings. The van der Waals surface area contributed by atoms with Gasteiger partial charge in [0.15, 0.2) is 0 Å². The lowest BCUT2D eigenvalue weighted by atomic mass is 9.86. The predicted molar refractivity (Wildman–Crippen MR) is 49.6 cm³/mol. The molecule has 5 heteroatoms. The molecular formula is C9H15NO4. The molecule has 0 aromatic rings. The summed E-state index contributed by atoms with van der Waals surface area (Å²) in [4.78, 5) is 20.4. The zero-order valence-corrected chi connectivity index (χ0v) is 8.57. The fourth-order valence-electron chi connectivity index (χ4n) is 0.881. The molecule has 0 bridgehead atoms. The number of carboxylic acids is 2. The normalized spacial score (nSPS) is 9.29. The minimum atomic E-state index is -0.962. The first-order valence-electron chi connectivity index (χ1n) is 3.99. The van der Waals surface area contributed by atoms with Crippen LogP contribution in [0, 0.1) is 16.7 Å². The maximum Gasteiger partial charge on any atom is 0.303 e. The van der Waals surface area contributed by atoms with Crippen LogP contribution in [0.5, 0.6) is 0 Å². The van der Waals surface area contributed by atoms with E-state index in [1.54, 1.807) is 19.9 Å². The topological polar surface area (TPSA) is 98.4 Å². The maximum atomic E-state index is 10.2. The van der Waals surface area contributed by atoms with Crippen molar-refractivity contribution in [2.75, 3.05) is 0 Å². The Labute approximate surface area is 83.0 Å². The van der Waals surface area contributed by atoms with Gasteiger partial charge in [-0.2, -0.15) is 5.26 Å². The summed E-state index contributed by atoms with van der Waals surface area (Å²) >= 11 is 0. The fraction of sp³-hybridized carbons (Fsp3) is 0.667. The average molecular weight is 201 g/mol. The van der Waals surface area contributed by atoms with Gasteiger partial charge in [-0.05, 0) is 5.41 Å². The van der Waals surface area contributed by atoms with Gasteiger partial charge < -0.3 is 10.2 Å². The van der Waals surface area contributed by atoms with Gasteiger partial charge in [0.05, 0.1) is 18.9 Å². The van der Waals surface area contributed by atoms with Crippen LogP contribution in [0.2, 0.25) is 0 Å². The molecule has 0 aliphatic rings. The molecule has 0 aliphatic carbocycles. The lowest BCUT2D eigenvalue weighted by Crippen LogP contribution is -2.20. The van der Waals surface area contributed by atoms with E-state index in [1.165, 1.54) is 6.92 Å². The number of nitriles is 1. The molecule has 0 amide bonds. The lowest BCUT2D eigenvalue weighted by molar-refractivity contribution is -0.142. The van der Waals surface area contributed by atoms with Gasteiger partial charge in [0.2, 0.25) is 0 Å². The summed E-state index contributed by atoms with van der Waals surface area (Å²) in [5.74, 6) is -1.92. The van der Waals surface area contributed by atoms with Crippen molar-refractivity contribution in [3.05, 3.63) is 0 Å². The third-order valence-electron chi connectivity index (χ3n) is 1.26. The second-order valence-corrected chi connectivity index (χ2v) is 3.53. The van der Waals surface area contributed by atoms with Crippen molar-refractivity contribution in [3.63, 3.8) is 0 Å². The number of carbonyl (C=O) groups is 2. The van der Waals surface area contributed by atoms with Crippen LogP contribution in [-0.4, -0.2) is 22.2 Å². The van der Waals surface area contributed by atoms with Crippen molar-refractivity contribution < 1.29 is 19.8 Å². The van der Waals surface area contributed by atoms with E-state index in [2.05, 4.69) is 0 Å². The first-order chi connectivity index (χ1) is 6.25. The third-order valence-corrected chi connectivity index (χ3v) is 1.26. The van der Waals surface area contributed by atoms with Gasteiger partial charge in [-0.3, -0.25) is 9.59 Å². The van der Waals surface area contributed by atoms with E-state index in [-0.39, 0.29) is 12.8 Å². The van der Waals surface area contributed by atoms with Crippen molar-refractivity contribution in [3.8, 4) is 6.07 Å². The van der Waals surface area contributed by atoms with Gasteiger partial charge in [0, 0.05) is 6.92 Å². The molecule has 0 aromatic carbocycles. The molecular weight excluding hydrogens is 186 g/mol. The Bertz CT molecular complexity index is 222. The smallest absolute Gasteiger partial charge is 0.303 e. The minimum absolute atomic E-state index is 0.112. The summed E-state index contributed by atoms with van der Waals surface area (Å²) in [5, 5.41) is 24.1. The lowest BCUT2D eigenvalue weighted by Gasteiger charge is -2.18. The van der Waals surface area contributed by atoms with Crippen molar-refractivity contribution in [2.45, 2.75) is 33.6 Å². The Morgan fingerprint density at radius 1 is 1.21 bits per heavy atom. The van der Waals surface area contributed by atoms with Crippen LogP contribution in [0.3, 0.4) is 0 Å². The maximum absolute atomic E-state index is 10.2. The number of hydrogen-bond acceptors (Lipinski definition) is 3. The van der Waals surface area contributed by atoms with E-state index < -0.39 is 17.4 Å². The Morgan fingerprint density at radius 3 is 1.57 bits per heavy atom. The zero-order valence-electron chi connectivity index (χ0n) is 8.57. The van der Waals surface area contributed by atoms with Crippen LogP contribution in [0.15, 0.2) is 0 Å². The molecule has 0 saturated carbocycles. The van der Waals surface area contributed by atoms with Crippen molar-refractivity contribution in [1.29, 1.82) is 5.26 Å². The molecule has 14 heavy (non-hydrogen) atoms. The van der Waals surface area contributed by atoms with Crippen LogP contribution >= 0.6 is 0 Å². The molecule has 5 nitrogen and oxygen atoms in total. The van der Waals surface area contributed by atoms with Crippen LogP contribution < -0.4 is 0 Å². The van der Waals surface area contributed by atoms with Gasteiger partial charge >= 0.3 is 11.9 Å². The van der Waals surface area contributed by atoms with Crippen molar-refractivity contribution in [1.82, 2.24) is 0 Å². The van der Waals surface area contributed by atoms with Crippen molar-refractivity contribution >= 4 is 11.9 Å². The van der Waals surface area contributed by atoms with Gasteiger partial charge in [0.25, 0.3) is 0 Å². The highest BCUT2D eigenvalue weighted by atomic mass is 16.4. The van der Waals surface area contributed by atoms with E-state index in [9.17, 15) is 9.59 Å². The Hall–Kier alpha value is -1.57. The zero-order chi connectivity index (χ0) is 11.8. The van der Waals surface area contributed by atoms with E-state index in [4.69, 9.17) is 15.5 Å². The Morgan fingerprint density at radius 2 is 1.43 bits per heavy atom.